The Labute approximate surface area is 155 Å². The van der Waals surface area contributed by atoms with Crippen molar-refractivity contribution >= 4 is 29.1 Å². The Morgan fingerprint density at radius 3 is 2.33 bits per heavy atom. The van der Waals surface area contributed by atoms with Crippen LogP contribution in [-0.2, 0) is 14.4 Å². The topological polar surface area (TPSA) is 110 Å². The third kappa shape index (κ3) is 3.01. The van der Waals surface area contributed by atoms with Crippen molar-refractivity contribution in [3.8, 4) is 0 Å². The van der Waals surface area contributed by atoms with Crippen LogP contribution in [0.15, 0.2) is 36.4 Å². The van der Waals surface area contributed by atoms with Crippen molar-refractivity contribution in [3.63, 3.8) is 0 Å². The van der Waals surface area contributed by atoms with Crippen LogP contribution >= 0.6 is 0 Å². The molecule has 3 aliphatic carbocycles. The summed E-state index contributed by atoms with van der Waals surface area (Å²) >= 11 is 0. The lowest BCUT2D eigenvalue weighted by atomic mass is 9.63. The summed E-state index contributed by atoms with van der Waals surface area (Å²) in [6.45, 7) is 0.0326. The Hall–Kier alpha value is -3.03. The lowest BCUT2D eigenvalue weighted by Crippen LogP contribution is -2.38. The molecule has 3 amide bonds. The molecule has 8 nitrogen and oxygen atoms in total. The van der Waals surface area contributed by atoms with Gasteiger partial charge in [0.1, 0.15) is 0 Å². The standard InChI is InChI=1S/C19H19N3O5/c23-15(20-13-2-1-3-14(10-13)22(26)27)8-9-21-18(24)16-11-4-5-12(7-6-11)17(16)19(21)25/h1-5,10-12,16-17H,6-9H2,(H,20,23)/t11-,12-,16+,17+/m0/s1. The fourth-order valence-corrected chi connectivity index (χ4v) is 4.49. The maximum atomic E-state index is 12.7. The van der Waals surface area contributed by atoms with Crippen LogP contribution in [0, 0.1) is 33.8 Å². The average molecular weight is 369 g/mol. The highest BCUT2D eigenvalue weighted by Gasteiger charge is 2.56. The number of benzene rings is 1. The molecule has 1 aromatic carbocycles. The minimum absolute atomic E-state index is 0.0326. The number of carbonyl (C=O) groups is 3. The van der Waals surface area contributed by atoms with Crippen molar-refractivity contribution in [1.29, 1.82) is 0 Å². The number of amides is 3. The van der Waals surface area contributed by atoms with Crippen molar-refractivity contribution in [2.45, 2.75) is 19.3 Å². The van der Waals surface area contributed by atoms with Gasteiger partial charge in [-0.25, -0.2) is 0 Å². The van der Waals surface area contributed by atoms with E-state index in [1.807, 2.05) is 0 Å². The van der Waals surface area contributed by atoms with Gasteiger partial charge in [-0.2, -0.15) is 0 Å². The van der Waals surface area contributed by atoms with E-state index in [-0.39, 0.29) is 54.1 Å². The number of carbonyl (C=O) groups excluding carboxylic acids is 3. The summed E-state index contributed by atoms with van der Waals surface area (Å²) in [5.41, 5.74) is 0.189. The molecule has 1 aliphatic heterocycles. The van der Waals surface area contributed by atoms with Crippen LogP contribution in [0.5, 0.6) is 0 Å². The molecule has 1 heterocycles. The van der Waals surface area contributed by atoms with Crippen LogP contribution in [0.4, 0.5) is 11.4 Å². The Morgan fingerprint density at radius 1 is 1.15 bits per heavy atom. The van der Waals surface area contributed by atoms with E-state index in [9.17, 15) is 24.5 Å². The number of nitrogens with zero attached hydrogens (tertiary/aromatic N) is 2. The quantitative estimate of drug-likeness (QED) is 0.370. The van der Waals surface area contributed by atoms with E-state index in [2.05, 4.69) is 17.5 Å². The number of hydrogen-bond acceptors (Lipinski definition) is 5. The van der Waals surface area contributed by atoms with Gasteiger partial charge in [0.25, 0.3) is 5.69 Å². The molecule has 2 bridgehead atoms. The summed E-state index contributed by atoms with van der Waals surface area (Å²) in [5, 5.41) is 13.4. The van der Waals surface area contributed by atoms with E-state index >= 15 is 0 Å². The second-order valence-corrected chi connectivity index (χ2v) is 7.28. The van der Waals surface area contributed by atoms with Crippen LogP contribution in [-0.4, -0.2) is 34.1 Å². The molecule has 27 heavy (non-hydrogen) atoms. The smallest absolute Gasteiger partial charge is 0.271 e. The number of imide groups is 1. The van der Waals surface area contributed by atoms with Gasteiger partial charge in [-0.3, -0.25) is 29.4 Å². The number of rotatable bonds is 5. The molecule has 0 unspecified atom stereocenters. The molecule has 0 aromatic heterocycles. The number of allylic oxidation sites excluding steroid dienone is 2. The van der Waals surface area contributed by atoms with Gasteiger partial charge >= 0.3 is 0 Å². The van der Waals surface area contributed by atoms with E-state index in [0.29, 0.717) is 5.69 Å². The number of non-ortho nitro benzene ring substituents is 1. The third-order valence-corrected chi connectivity index (χ3v) is 5.75. The second kappa shape index (κ2) is 6.61. The summed E-state index contributed by atoms with van der Waals surface area (Å²) < 4.78 is 0. The predicted octanol–water partition coefficient (Wildman–Crippen LogP) is 2.12. The Morgan fingerprint density at radius 2 is 1.78 bits per heavy atom. The molecule has 8 heteroatoms. The lowest BCUT2D eigenvalue weighted by Gasteiger charge is -2.38. The number of fused-ring (bicyclic) bond motifs is 1. The van der Waals surface area contributed by atoms with Crippen LogP contribution in [0.1, 0.15) is 19.3 Å². The van der Waals surface area contributed by atoms with Gasteiger partial charge in [-0.15, -0.1) is 0 Å². The Bertz CT molecular complexity index is 833. The molecule has 4 atom stereocenters. The van der Waals surface area contributed by atoms with Crippen LogP contribution in [0.3, 0.4) is 0 Å². The maximum absolute atomic E-state index is 12.7. The highest BCUT2D eigenvalue weighted by Crippen LogP contribution is 2.49. The predicted molar refractivity (Wildman–Crippen MR) is 95.4 cm³/mol. The van der Waals surface area contributed by atoms with Gasteiger partial charge in [-0.1, -0.05) is 18.2 Å². The molecule has 1 saturated heterocycles. The Kier molecular flexibility index (Phi) is 4.25. The van der Waals surface area contributed by atoms with Crippen molar-refractivity contribution in [3.05, 3.63) is 46.5 Å². The first kappa shape index (κ1) is 17.4. The summed E-state index contributed by atoms with van der Waals surface area (Å²) in [7, 11) is 0. The second-order valence-electron chi connectivity index (χ2n) is 7.28. The highest BCUT2D eigenvalue weighted by molar-refractivity contribution is 6.06. The Balaban J connectivity index is 1.38. The van der Waals surface area contributed by atoms with E-state index in [1.54, 1.807) is 6.07 Å². The summed E-state index contributed by atoms with van der Waals surface area (Å²) in [4.78, 5) is 49.0. The number of nitro groups is 1. The van der Waals surface area contributed by atoms with Gasteiger partial charge in [0.15, 0.2) is 0 Å². The van der Waals surface area contributed by atoms with E-state index in [0.717, 1.165) is 12.8 Å². The van der Waals surface area contributed by atoms with Crippen molar-refractivity contribution < 1.29 is 19.3 Å². The van der Waals surface area contributed by atoms with Gasteiger partial charge in [0.2, 0.25) is 17.7 Å². The molecular formula is C19H19N3O5. The van der Waals surface area contributed by atoms with E-state index in [1.165, 1.54) is 23.1 Å². The minimum atomic E-state index is -0.540. The molecule has 0 spiro atoms. The average Bonchev–Trinajstić information content (AvgIpc) is 2.94. The normalized spacial score (nSPS) is 28.4. The fraction of sp³-hybridized carbons (Fsp3) is 0.421. The van der Waals surface area contributed by atoms with Gasteiger partial charge in [0, 0.05) is 30.8 Å². The molecule has 2 fully saturated rings. The molecule has 140 valence electrons. The van der Waals surface area contributed by atoms with Crippen molar-refractivity contribution in [2.24, 2.45) is 23.7 Å². The zero-order chi connectivity index (χ0) is 19.1. The number of nitro benzene ring substituents is 1. The monoisotopic (exact) mass is 369 g/mol. The number of likely N-dealkylation sites (tertiary alicyclic amines) is 1. The summed E-state index contributed by atoms with van der Waals surface area (Å²) in [6.07, 6.45) is 5.94. The SMILES string of the molecule is O=C(CCN1C(=O)[C@H]2[C@H](C1=O)[C@H]1C=C[C@H]2CC1)Nc1cccc([N+](=O)[O-])c1. The van der Waals surface area contributed by atoms with Crippen LogP contribution in [0.25, 0.3) is 0 Å². The first-order valence-electron chi connectivity index (χ1n) is 9.03. The molecular weight excluding hydrogens is 350 g/mol. The molecule has 4 aliphatic rings. The number of hydrogen-bond donors (Lipinski definition) is 1. The minimum Gasteiger partial charge on any atom is -0.326 e. The van der Waals surface area contributed by atoms with E-state index in [4.69, 9.17) is 0 Å². The highest BCUT2D eigenvalue weighted by atomic mass is 16.6. The largest absolute Gasteiger partial charge is 0.326 e. The first-order chi connectivity index (χ1) is 13.0. The van der Waals surface area contributed by atoms with Gasteiger partial charge in [0.05, 0.1) is 16.8 Å². The summed E-state index contributed by atoms with van der Waals surface area (Å²) in [6, 6.07) is 5.63. The van der Waals surface area contributed by atoms with Gasteiger partial charge in [-0.05, 0) is 30.7 Å². The van der Waals surface area contributed by atoms with Crippen molar-refractivity contribution in [1.82, 2.24) is 4.90 Å². The molecule has 1 saturated carbocycles. The number of nitrogens with one attached hydrogen (secondary N) is 1. The lowest BCUT2D eigenvalue weighted by molar-refractivity contribution is -0.384. The first-order valence-corrected chi connectivity index (χ1v) is 9.03. The third-order valence-electron chi connectivity index (χ3n) is 5.75. The zero-order valence-electron chi connectivity index (χ0n) is 14.5. The van der Waals surface area contributed by atoms with Crippen LogP contribution < -0.4 is 5.32 Å². The van der Waals surface area contributed by atoms with Crippen LogP contribution in [0.2, 0.25) is 0 Å². The summed E-state index contributed by atoms with van der Waals surface area (Å²) in [5.74, 6) is -1.05. The zero-order valence-corrected chi connectivity index (χ0v) is 14.5. The molecule has 1 aromatic rings. The number of anilines is 1. The van der Waals surface area contributed by atoms with Crippen molar-refractivity contribution in [2.75, 3.05) is 11.9 Å². The fourth-order valence-electron chi connectivity index (χ4n) is 4.49. The maximum Gasteiger partial charge on any atom is 0.271 e. The van der Waals surface area contributed by atoms with Gasteiger partial charge < -0.3 is 5.32 Å². The molecule has 0 radical (unpaired) electrons. The molecule has 1 N–H and O–H groups in total. The molecule has 5 rings (SSSR count). The van der Waals surface area contributed by atoms with E-state index < -0.39 is 10.8 Å².